The van der Waals surface area contributed by atoms with E-state index in [1.54, 1.807) is 7.05 Å². The van der Waals surface area contributed by atoms with Gasteiger partial charge in [0.1, 0.15) is 6.04 Å². The van der Waals surface area contributed by atoms with E-state index in [2.05, 4.69) is 36.0 Å². The molecule has 0 bridgehead atoms. The smallest absolute Gasteiger partial charge is 0.377 e. The number of nitrogens with one attached hydrogen (secondary N) is 1. The minimum Gasteiger partial charge on any atom is -0.377 e. The lowest BCUT2D eigenvalue weighted by molar-refractivity contribution is -0.181. The van der Waals surface area contributed by atoms with Crippen LogP contribution in [0.1, 0.15) is 40.5 Å². The fraction of sp³-hybridized carbons (Fsp3) is 0.947. The number of aliphatic imine (C=N–C) groups is 1. The van der Waals surface area contributed by atoms with Crippen LogP contribution in [0, 0.1) is 11.3 Å². The highest BCUT2D eigenvalue weighted by atomic mass is 19.4. The van der Waals surface area contributed by atoms with Crippen LogP contribution in [0.2, 0.25) is 0 Å². The molecule has 0 aliphatic carbocycles. The van der Waals surface area contributed by atoms with E-state index in [4.69, 9.17) is 4.74 Å². The van der Waals surface area contributed by atoms with E-state index in [-0.39, 0.29) is 11.5 Å². The first-order valence-electron chi connectivity index (χ1n) is 9.92. The van der Waals surface area contributed by atoms with Crippen molar-refractivity contribution in [2.75, 3.05) is 46.4 Å². The third-order valence-corrected chi connectivity index (χ3v) is 5.67. The quantitative estimate of drug-likeness (QED) is 0.592. The molecule has 1 N–H and O–H groups in total. The normalized spacial score (nSPS) is 27.6. The van der Waals surface area contributed by atoms with Gasteiger partial charge in [0.15, 0.2) is 5.96 Å². The average Bonchev–Trinajstić information content (AvgIpc) is 2.61. The van der Waals surface area contributed by atoms with Gasteiger partial charge in [-0.25, -0.2) is 0 Å². The highest BCUT2D eigenvalue weighted by molar-refractivity contribution is 5.80. The van der Waals surface area contributed by atoms with Crippen molar-refractivity contribution in [1.29, 1.82) is 0 Å². The van der Waals surface area contributed by atoms with Crippen LogP contribution in [0.5, 0.6) is 0 Å². The molecule has 0 spiro atoms. The van der Waals surface area contributed by atoms with E-state index < -0.39 is 12.2 Å². The van der Waals surface area contributed by atoms with Gasteiger partial charge >= 0.3 is 6.18 Å². The zero-order chi connectivity index (χ0) is 20.2. The number of halogens is 3. The van der Waals surface area contributed by atoms with Gasteiger partial charge in [0.2, 0.25) is 0 Å². The van der Waals surface area contributed by atoms with Crippen molar-refractivity contribution >= 4 is 5.96 Å². The summed E-state index contributed by atoms with van der Waals surface area (Å²) in [5.41, 5.74) is 0.0790. The molecule has 5 nitrogen and oxygen atoms in total. The third kappa shape index (κ3) is 5.98. The highest BCUT2D eigenvalue weighted by Gasteiger charge is 2.41. The Labute approximate surface area is 161 Å². The van der Waals surface area contributed by atoms with Crippen molar-refractivity contribution < 1.29 is 17.9 Å². The summed E-state index contributed by atoms with van der Waals surface area (Å²) < 4.78 is 44.8. The molecule has 0 saturated carbocycles. The maximum atomic E-state index is 12.9. The van der Waals surface area contributed by atoms with Gasteiger partial charge in [-0.15, -0.1) is 0 Å². The lowest BCUT2D eigenvalue weighted by atomic mass is 9.78. The van der Waals surface area contributed by atoms with Crippen LogP contribution in [-0.2, 0) is 4.74 Å². The minimum absolute atomic E-state index is 0.0790. The molecular weight excluding hydrogens is 357 g/mol. The number of piperazine rings is 1. The van der Waals surface area contributed by atoms with Crippen LogP contribution < -0.4 is 5.32 Å². The number of guanidine groups is 1. The zero-order valence-corrected chi connectivity index (χ0v) is 17.3. The van der Waals surface area contributed by atoms with Gasteiger partial charge in [-0.1, -0.05) is 20.8 Å². The second-order valence-electron chi connectivity index (χ2n) is 8.73. The van der Waals surface area contributed by atoms with E-state index in [1.165, 1.54) is 11.8 Å². The Hall–Kier alpha value is -1.02. The number of nitrogens with zero attached hydrogens (tertiary/aromatic N) is 3. The summed E-state index contributed by atoms with van der Waals surface area (Å²) >= 11 is 0. The first kappa shape index (κ1) is 22.3. The monoisotopic (exact) mass is 392 g/mol. The molecule has 27 heavy (non-hydrogen) atoms. The third-order valence-electron chi connectivity index (χ3n) is 5.67. The molecule has 158 valence electrons. The Kier molecular flexibility index (Phi) is 7.41. The number of rotatable bonds is 3. The fourth-order valence-corrected chi connectivity index (χ4v) is 4.09. The summed E-state index contributed by atoms with van der Waals surface area (Å²) in [5.74, 6) is 1.18. The molecule has 0 amide bonds. The minimum atomic E-state index is -4.18. The summed E-state index contributed by atoms with van der Waals surface area (Å²) in [6, 6.07) is -1.40. The molecule has 2 fully saturated rings. The van der Waals surface area contributed by atoms with Crippen molar-refractivity contribution in [3.8, 4) is 0 Å². The molecule has 2 aliphatic rings. The van der Waals surface area contributed by atoms with Crippen molar-refractivity contribution in [2.24, 2.45) is 16.3 Å². The number of hydrogen-bond acceptors (Lipinski definition) is 3. The van der Waals surface area contributed by atoms with Crippen LogP contribution in [0.15, 0.2) is 4.99 Å². The molecular formula is C19H35F3N4O. The van der Waals surface area contributed by atoms with Gasteiger partial charge in [0, 0.05) is 52.3 Å². The fourth-order valence-electron chi connectivity index (χ4n) is 4.09. The standard InChI is InChI=1S/C19H35F3N4O/c1-14(19(20,21)22)25-8-10-26(11-9-25)17(23-5)24-13-15-7-6-12-27-16(15)18(2,3)4/h14-16H,6-13H2,1-5H3,(H,23,24). The summed E-state index contributed by atoms with van der Waals surface area (Å²) in [6.07, 6.45) is -1.80. The first-order chi connectivity index (χ1) is 12.5. The number of hydrogen-bond donors (Lipinski definition) is 1. The molecule has 2 heterocycles. The highest BCUT2D eigenvalue weighted by Crippen LogP contribution is 2.33. The van der Waals surface area contributed by atoms with Gasteiger partial charge < -0.3 is 15.0 Å². The van der Waals surface area contributed by atoms with Crippen LogP contribution in [-0.4, -0.2) is 80.5 Å². The summed E-state index contributed by atoms with van der Waals surface area (Å²) in [4.78, 5) is 7.90. The van der Waals surface area contributed by atoms with Crippen LogP contribution in [0.4, 0.5) is 13.2 Å². The Balaban J connectivity index is 1.88. The van der Waals surface area contributed by atoms with Crippen LogP contribution in [0.3, 0.4) is 0 Å². The molecule has 2 saturated heterocycles. The van der Waals surface area contributed by atoms with E-state index in [1.807, 2.05) is 0 Å². The van der Waals surface area contributed by atoms with Crippen LogP contribution >= 0.6 is 0 Å². The molecule has 2 rings (SSSR count). The molecule has 8 heteroatoms. The molecule has 3 unspecified atom stereocenters. The molecule has 0 radical (unpaired) electrons. The van der Waals surface area contributed by atoms with E-state index >= 15 is 0 Å². The molecule has 3 atom stereocenters. The maximum absolute atomic E-state index is 12.9. The summed E-state index contributed by atoms with van der Waals surface area (Å²) in [7, 11) is 1.73. The maximum Gasteiger partial charge on any atom is 0.403 e. The van der Waals surface area contributed by atoms with Crippen molar-refractivity contribution in [3.63, 3.8) is 0 Å². The topological polar surface area (TPSA) is 40.1 Å². The predicted molar refractivity (Wildman–Crippen MR) is 102 cm³/mol. The Morgan fingerprint density at radius 2 is 1.81 bits per heavy atom. The lowest BCUT2D eigenvalue weighted by Gasteiger charge is -2.42. The predicted octanol–water partition coefficient (Wildman–Crippen LogP) is 2.97. The average molecular weight is 393 g/mol. The molecule has 0 aromatic rings. The van der Waals surface area contributed by atoms with Gasteiger partial charge in [-0.2, -0.15) is 13.2 Å². The summed E-state index contributed by atoms with van der Waals surface area (Å²) in [6.45, 7) is 11.3. The van der Waals surface area contributed by atoms with Gasteiger partial charge in [-0.05, 0) is 25.2 Å². The summed E-state index contributed by atoms with van der Waals surface area (Å²) in [5, 5.41) is 3.44. The van der Waals surface area contributed by atoms with Gasteiger partial charge in [-0.3, -0.25) is 9.89 Å². The largest absolute Gasteiger partial charge is 0.403 e. The van der Waals surface area contributed by atoms with Gasteiger partial charge in [0.25, 0.3) is 0 Å². The number of ether oxygens (including phenoxy) is 1. The van der Waals surface area contributed by atoms with Crippen molar-refractivity contribution in [3.05, 3.63) is 0 Å². The number of alkyl halides is 3. The molecule has 0 aromatic heterocycles. The van der Waals surface area contributed by atoms with Crippen molar-refractivity contribution in [1.82, 2.24) is 15.1 Å². The SMILES string of the molecule is CN=C(NCC1CCCOC1C(C)(C)C)N1CCN(C(C)C(F)(F)F)CC1. The first-order valence-corrected chi connectivity index (χ1v) is 9.92. The Bertz CT molecular complexity index is 496. The lowest BCUT2D eigenvalue weighted by Crippen LogP contribution is -2.57. The van der Waals surface area contributed by atoms with Gasteiger partial charge in [0.05, 0.1) is 6.10 Å². The molecule has 0 aromatic carbocycles. The Morgan fingerprint density at radius 1 is 1.19 bits per heavy atom. The zero-order valence-electron chi connectivity index (χ0n) is 17.3. The molecule has 2 aliphatic heterocycles. The second-order valence-corrected chi connectivity index (χ2v) is 8.73. The van der Waals surface area contributed by atoms with Crippen molar-refractivity contribution in [2.45, 2.75) is 58.9 Å². The van der Waals surface area contributed by atoms with E-state index in [9.17, 15) is 13.2 Å². The van der Waals surface area contributed by atoms with E-state index in [0.717, 1.165) is 32.0 Å². The Morgan fingerprint density at radius 3 is 2.33 bits per heavy atom. The second kappa shape index (κ2) is 8.99. The van der Waals surface area contributed by atoms with E-state index in [0.29, 0.717) is 32.1 Å². The van der Waals surface area contributed by atoms with Crippen LogP contribution in [0.25, 0.3) is 0 Å².